The standard InChI is InChI=1S/C21H15Cl4N5O3/c22-13-4-2-1-3-12(13)21-28-27-18-5-6-20(29-30(18)21)32-8-7-26-19(31)11-33-17-10-15(24)14(23)9-16(17)25/h1-6,9-10H,7-8,11H2,(H,26,31). The minimum atomic E-state index is -0.357. The normalized spacial score (nSPS) is 10.9. The summed E-state index contributed by atoms with van der Waals surface area (Å²) in [7, 11) is 0. The van der Waals surface area contributed by atoms with Gasteiger partial charge in [-0.3, -0.25) is 4.79 Å². The Balaban J connectivity index is 1.30. The summed E-state index contributed by atoms with van der Waals surface area (Å²) in [4.78, 5) is 12.0. The number of aromatic nitrogens is 4. The Bertz CT molecular complexity index is 1310. The van der Waals surface area contributed by atoms with Gasteiger partial charge in [-0.25, -0.2) is 0 Å². The van der Waals surface area contributed by atoms with E-state index in [1.807, 2.05) is 18.2 Å². The number of amides is 1. The quantitative estimate of drug-likeness (QED) is 0.257. The van der Waals surface area contributed by atoms with Crippen molar-refractivity contribution >= 4 is 58.0 Å². The Morgan fingerprint density at radius 3 is 2.52 bits per heavy atom. The van der Waals surface area contributed by atoms with E-state index in [1.54, 1.807) is 22.7 Å². The van der Waals surface area contributed by atoms with Gasteiger partial charge in [-0.15, -0.1) is 15.3 Å². The van der Waals surface area contributed by atoms with Crippen LogP contribution in [0.3, 0.4) is 0 Å². The molecule has 33 heavy (non-hydrogen) atoms. The average molecular weight is 527 g/mol. The average Bonchev–Trinajstić information content (AvgIpc) is 3.21. The Labute approximate surface area is 208 Å². The zero-order valence-corrected chi connectivity index (χ0v) is 19.8. The number of benzene rings is 2. The maximum Gasteiger partial charge on any atom is 0.258 e. The third kappa shape index (κ3) is 5.59. The van der Waals surface area contributed by atoms with Crippen LogP contribution in [0.25, 0.3) is 17.0 Å². The lowest BCUT2D eigenvalue weighted by molar-refractivity contribution is -0.123. The second kappa shape index (κ2) is 10.4. The van der Waals surface area contributed by atoms with E-state index >= 15 is 0 Å². The van der Waals surface area contributed by atoms with Gasteiger partial charge in [0.25, 0.3) is 5.91 Å². The lowest BCUT2D eigenvalue weighted by Crippen LogP contribution is -2.32. The smallest absolute Gasteiger partial charge is 0.258 e. The lowest BCUT2D eigenvalue weighted by atomic mass is 10.2. The van der Waals surface area contributed by atoms with E-state index in [-0.39, 0.29) is 41.5 Å². The van der Waals surface area contributed by atoms with Crippen LogP contribution < -0.4 is 14.8 Å². The number of fused-ring (bicyclic) bond motifs is 1. The molecule has 2 aromatic heterocycles. The van der Waals surface area contributed by atoms with E-state index in [4.69, 9.17) is 55.9 Å². The van der Waals surface area contributed by atoms with Gasteiger partial charge in [-0.1, -0.05) is 58.5 Å². The first kappa shape index (κ1) is 23.4. The maximum atomic E-state index is 12.0. The van der Waals surface area contributed by atoms with Gasteiger partial charge >= 0.3 is 0 Å². The number of hydrogen-bond donors (Lipinski definition) is 1. The molecule has 0 aliphatic heterocycles. The van der Waals surface area contributed by atoms with E-state index in [9.17, 15) is 4.79 Å². The minimum Gasteiger partial charge on any atom is -0.482 e. The Morgan fingerprint density at radius 1 is 0.909 bits per heavy atom. The zero-order valence-electron chi connectivity index (χ0n) is 16.8. The second-order valence-electron chi connectivity index (χ2n) is 6.63. The molecular formula is C21H15Cl4N5O3. The highest BCUT2D eigenvalue weighted by Crippen LogP contribution is 2.33. The molecule has 0 saturated heterocycles. The number of ether oxygens (including phenoxy) is 2. The third-order valence-electron chi connectivity index (χ3n) is 4.36. The fourth-order valence-electron chi connectivity index (χ4n) is 2.81. The van der Waals surface area contributed by atoms with Crippen LogP contribution in [0, 0.1) is 0 Å². The molecule has 4 aromatic rings. The number of rotatable bonds is 8. The summed E-state index contributed by atoms with van der Waals surface area (Å²) in [5.74, 6) is 0.735. The molecule has 8 nitrogen and oxygen atoms in total. The molecular weight excluding hydrogens is 512 g/mol. The highest BCUT2D eigenvalue weighted by Gasteiger charge is 2.13. The van der Waals surface area contributed by atoms with Crippen molar-refractivity contribution in [3.05, 3.63) is 68.6 Å². The molecule has 0 aliphatic carbocycles. The zero-order chi connectivity index (χ0) is 23.4. The van der Waals surface area contributed by atoms with Crippen molar-refractivity contribution in [1.29, 1.82) is 0 Å². The number of carbonyl (C=O) groups is 1. The van der Waals surface area contributed by atoms with Crippen LogP contribution in [0.15, 0.2) is 48.5 Å². The third-order valence-corrected chi connectivity index (χ3v) is 5.71. The first-order valence-corrected chi connectivity index (χ1v) is 11.1. The summed E-state index contributed by atoms with van der Waals surface area (Å²) >= 11 is 24.1. The van der Waals surface area contributed by atoms with Crippen molar-refractivity contribution in [3.8, 4) is 23.0 Å². The first-order chi connectivity index (χ1) is 15.9. The molecule has 0 unspecified atom stereocenters. The molecule has 0 saturated carbocycles. The number of nitrogens with zero attached hydrogens (tertiary/aromatic N) is 4. The molecule has 1 N–H and O–H groups in total. The number of hydrogen-bond acceptors (Lipinski definition) is 6. The van der Waals surface area contributed by atoms with E-state index in [1.165, 1.54) is 12.1 Å². The van der Waals surface area contributed by atoms with Gasteiger partial charge < -0.3 is 14.8 Å². The molecule has 1 amide bonds. The van der Waals surface area contributed by atoms with Crippen molar-refractivity contribution < 1.29 is 14.3 Å². The van der Waals surface area contributed by atoms with Crippen LogP contribution in [-0.4, -0.2) is 45.5 Å². The molecule has 0 bridgehead atoms. The first-order valence-electron chi connectivity index (χ1n) is 9.56. The summed E-state index contributed by atoms with van der Waals surface area (Å²) in [6, 6.07) is 13.6. The van der Waals surface area contributed by atoms with Gasteiger partial charge in [-0.2, -0.15) is 4.52 Å². The maximum absolute atomic E-state index is 12.0. The summed E-state index contributed by atoms with van der Waals surface area (Å²) in [5.41, 5.74) is 1.24. The second-order valence-corrected chi connectivity index (χ2v) is 8.26. The fraction of sp³-hybridized carbons (Fsp3) is 0.143. The molecule has 4 rings (SSSR count). The molecule has 0 aliphatic rings. The number of carbonyl (C=O) groups excluding carboxylic acids is 1. The van der Waals surface area contributed by atoms with Gasteiger partial charge in [0.15, 0.2) is 18.1 Å². The number of nitrogens with one attached hydrogen (secondary N) is 1. The highest BCUT2D eigenvalue weighted by atomic mass is 35.5. The minimum absolute atomic E-state index is 0.182. The molecule has 0 spiro atoms. The molecule has 2 heterocycles. The van der Waals surface area contributed by atoms with Crippen molar-refractivity contribution in [3.63, 3.8) is 0 Å². The van der Waals surface area contributed by atoms with Crippen molar-refractivity contribution in [1.82, 2.24) is 25.1 Å². The van der Waals surface area contributed by atoms with Crippen LogP contribution in [0.5, 0.6) is 11.6 Å². The van der Waals surface area contributed by atoms with Crippen molar-refractivity contribution in [2.45, 2.75) is 0 Å². The van der Waals surface area contributed by atoms with E-state index in [0.717, 1.165) is 0 Å². The van der Waals surface area contributed by atoms with Gasteiger partial charge in [0.1, 0.15) is 12.4 Å². The Hall–Kier alpha value is -2.78. The summed E-state index contributed by atoms with van der Waals surface area (Å²) in [5, 5.41) is 16.7. The predicted molar refractivity (Wildman–Crippen MR) is 127 cm³/mol. The SMILES string of the molecule is O=C(COc1cc(Cl)c(Cl)cc1Cl)NCCOc1ccc2nnc(-c3ccccc3Cl)n2n1. The lowest BCUT2D eigenvalue weighted by Gasteiger charge is -2.10. The summed E-state index contributed by atoms with van der Waals surface area (Å²) in [6.45, 7) is 0.168. The van der Waals surface area contributed by atoms with E-state index < -0.39 is 0 Å². The van der Waals surface area contributed by atoms with Crippen LogP contribution >= 0.6 is 46.4 Å². The number of halogens is 4. The van der Waals surface area contributed by atoms with E-state index in [2.05, 4.69) is 20.6 Å². The van der Waals surface area contributed by atoms with Crippen molar-refractivity contribution in [2.24, 2.45) is 0 Å². The van der Waals surface area contributed by atoms with Gasteiger partial charge in [0.2, 0.25) is 5.88 Å². The molecule has 0 fully saturated rings. The molecule has 0 atom stereocenters. The monoisotopic (exact) mass is 525 g/mol. The molecule has 12 heteroatoms. The van der Waals surface area contributed by atoms with E-state index in [0.29, 0.717) is 33.0 Å². The predicted octanol–water partition coefficient (Wildman–Crippen LogP) is 4.98. The topological polar surface area (TPSA) is 90.6 Å². The van der Waals surface area contributed by atoms with Gasteiger partial charge in [0, 0.05) is 17.7 Å². The largest absolute Gasteiger partial charge is 0.482 e. The van der Waals surface area contributed by atoms with Crippen LogP contribution in [-0.2, 0) is 4.79 Å². The molecule has 2 aromatic carbocycles. The van der Waals surface area contributed by atoms with Crippen LogP contribution in [0.1, 0.15) is 0 Å². The highest BCUT2D eigenvalue weighted by molar-refractivity contribution is 6.43. The van der Waals surface area contributed by atoms with Crippen molar-refractivity contribution in [2.75, 3.05) is 19.8 Å². The van der Waals surface area contributed by atoms with Crippen LogP contribution in [0.4, 0.5) is 0 Å². The molecule has 0 radical (unpaired) electrons. The summed E-state index contributed by atoms with van der Waals surface area (Å²) < 4.78 is 12.6. The Kier molecular flexibility index (Phi) is 7.39. The Morgan fingerprint density at radius 2 is 1.70 bits per heavy atom. The molecule has 170 valence electrons. The van der Waals surface area contributed by atoms with Gasteiger partial charge in [-0.05, 0) is 24.3 Å². The summed E-state index contributed by atoms with van der Waals surface area (Å²) in [6.07, 6.45) is 0. The van der Waals surface area contributed by atoms with Gasteiger partial charge in [0.05, 0.1) is 26.6 Å². The fourth-order valence-corrected chi connectivity index (χ4v) is 3.63. The van der Waals surface area contributed by atoms with Crippen LogP contribution in [0.2, 0.25) is 20.1 Å².